The van der Waals surface area contributed by atoms with Crippen LogP contribution in [0.5, 0.6) is 0 Å². The highest BCUT2D eigenvalue weighted by Gasteiger charge is 2.33. The largest absolute Gasteiger partial charge is 0.433 e. The molecule has 0 spiro atoms. The van der Waals surface area contributed by atoms with Gasteiger partial charge in [-0.15, -0.1) is 0 Å². The van der Waals surface area contributed by atoms with Crippen LogP contribution in [0.2, 0.25) is 5.02 Å². The van der Waals surface area contributed by atoms with Crippen molar-refractivity contribution >= 4 is 29.2 Å². The van der Waals surface area contributed by atoms with Gasteiger partial charge in [-0.2, -0.15) is 13.2 Å². The lowest BCUT2D eigenvalue weighted by Gasteiger charge is -2.35. The van der Waals surface area contributed by atoms with Gasteiger partial charge in [-0.25, -0.2) is 4.98 Å². The summed E-state index contributed by atoms with van der Waals surface area (Å²) in [6, 6.07) is 3.12. The van der Waals surface area contributed by atoms with Crippen LogP contribution in [0.25, 0.3) is 0 Å². The zero-order valence-corrected chi connectivity index (χ0v) is 14.3. The monoisotopic (exact) mass is 404 g/mol. The Morgan fingerprint density at radius 1 is 1.26 bits per heavy atom. The fourth-order valence-electron chi connectivity index (χ4n) is 2.64. The number of pyridine rings is 1. The number of anilines is 1. The number of rotatable bonds is 3. The van der Waals surface area contributed by atoms with Crippen molar-refractivity contribution in [3.63, 3.8) is 0 Å². The predicted molar refractivity (Wildman–Crippen MR) is 87.7 cm³/mol. The maximum absolute atomic E-state index is 12.7. The molecular weight excluding hydrogens is 393 g/mol. The third-order valence-corrected chi connectivity index (χ3v) is 4.28. The average Bonchev–Trinajstić information content (AvgIpc) is 3.11. The molecule has 0 saturated carbocycles. The third-order valence-electron chi connectivity index (χ3n) is 4.00. The number of hydrogen-bond acceptors (Lipinski definition) is 6. The first-order valence-electron chi connectivity index (χ1n) is 7.68. The molecule has 2 aromatic heterocycles. The van der Waals surface area contributed by atoms with E-state index in [2.05, 4.69) is 4.98 Å². The van der Waals surface area contributed by atoms with Crippen LogP contribution in [0, 0.1) is 10.1 Å². The zero-order valence-electron chi connectivity index (χ0n) is 13.6. The van der Waals surface area contributed by atoms with Crippen molar-refractivity contribution in [2.45, 2.75) is 6.18 Å². The summed E-state index contributed by atoms with van der Waals surface area (Å²) < 4.78 is 43.0. The first-order chi connectivity index (χ1) is 12.7. The number of carbonyl (C=O) groups excluding carboxylic acids is 1. The summed E-state index contributed by atoms with van der Waals surface area (Å²) >= 11 is 5.93. The van der Waals surface area contributed by atoms with Gasteiger partial charge in [-0.3, -0.25) is 14.9 Å². The molecule has 0 bridgehead atoms. The Labute approximate surface area is 155 Å². The maximum Gasteiger partial charge on any atom is 0.433 e. The van der Waals surface area contributed by atoms with E-state index in [0.29, 0.717) is 6.20 Å². The molecule has 2 aromatic rings. The van der Waals surface area contributed by atoms with Crippen LogP contribution in [0.15, 0.2) is 28.8 Å². The molecule has 144 valence electrons. The minimum absolute atomic E-state index is 0.133. The number of alkyl halides is 3. The minimum Gasteiger partial charge on any atom is -0.395 e. The highest BCUT2D eigenvalue weighted by atomic mass is 35.5. The highest BCUT2D eigenvalue weighted by molar-refractivity contribution is 6.33. The van der Waals surface area contributed by atoms with Crippen LogP contribution in [-0.4, -0.2) is 46.9 Å². The van der Waals surface area contributed by atoms with E-state index in [1.165, 1.54) is 11.0 Å². The molecule has 0 atom stereocenters. The lowest BCUT2D eigenvalue weighted by molar-refractivity contribution is -0.402. The number of aromatic nitrogens is 1. The quantitative estimate of drug-likeness (QED) is 0.576. The van der Waals surface area contributed by atoms with Crippen molar-refractivity contribution < 1.29 is 27.3 Å². The average molecular weight is 405 g/mol. The van der Waals surface area contributed by atoms with E-state index in [1.54, 1.807) is 4.90 Å². The van der Waals surface area contributed by atoms with Gasteiger partial charge >= 0.3 is 12.1 Å². The first kappa shape index (κ1) is 19.0. The number of nitro groups is 1. The van der Waals surface area contributed by atoms with Crippen LogP contribution in [-0.2, 0) is 6.18 Å². The Hall–Kier alpha value is -2.82. The fourth-order valence-corrected chi connectivity index (χ4v) is 2.92. The molecule has 3 rings (SSSR count). The van der Waals surface area contributed by atoms with Crippen molar-refractivity contribution in [2.24, 2.45) is 0 Å². The second kappa shape index (κ2) is 7.06. The van der Waals surface area contributed by atoms with E-state index in [1.807, 2.05) is 0 Å². The first-order valence-corrected chi connectivity index (χ1v) is 8.06. The molecule has 0 radical (unpaired) electrons. The van der Waals surface area contributed by atoms with Gasteiger partial charge in [0.2, 0.25) is 0 Å². The number of hydrogen-bond donors (Lipinski definition) is 0. The van der Waals surface area contributed by atoms with Crippen LogP contribution >= 0.6 is 11.6 Å². The van der Waals surface area contributed by atoms with E-state index in [4.69, 9.17) is 16.0 Å². The Kier molecular flexibility index (Phi) is 4.96. The van der Waals surface area contributed by atoms with Gasteiger partial charge in [0.25, 0.3) is 5.91 Å². The zero-order chi connectivity index (χ0) is 19.8. The number of halogens is 4. The van der Waals surface area contributed by atoms with Gasteiger partial charge in [0, 0.05) is 32.4 Å². The summed E-state index contributed by atoms with van der Waals surface area (Å²) in [6.45, 7) is 1.03. The van der Waals surface area contributed by atoms with E-state index >= 15 is 0 Å². The summed E-state index contributed by atoms with van der Waals surface area (Å²) in [5, 5.41) is 10.5. The Bertz CT molecular complexity index is 878. The Morgan fingerprint density at radius 2 is 1.93 bits per heavy atom. The smallest absolute Gasteiger partial charge is 0.395 e. The van der Waals surface area contributed by atoms with E-state index in [0.717, 1.165) is 12.1 Å². The number of piperazine rings is 1. The van der Waals surface area contributed by atoms with Crippen LogP contribution < -0.4 is 4.90 Å². The molecule has 0 unspecified atom stereocenters. The molecule has 1 aliphatic heterocycles. The molecule has 0 N–H and O–H groups in total. The molecule has 3 heterocycles. The molecule has 8 nitrogen and oxygen atoms in total. The van der Waals surface area contributed by atoms with Gasteiger partial charge < -0.3 is 14.2 Å². The van der Waals surface area contributed by atoms with Gasteiger partial charge in [-0.1, -0.05) is 11.6 Å². The van der Waals surface area contributed by atoms with Gasteiger partial charge in [0.15, 0.2) is 5.76 Å². The molecule has 1 saturated heterocycles. The second-order valence-corrected chi connectivity index (χ2v) is 6.11. The van der Waals surface area contributed by atoms with Gasteiger partial charge in [0.05, 0.1) is 16.7 Å². The molecule has 1 amide bonds. The van der Waals surface area contributed by atoms with Crippen molar-refractivity contribution in [1.82, 2.24) is 9.88 Å². The highest BCUT2D eigenvalue weighted by Crippen LogP contribution is 2.33. The van der Waals surface area contributed by atoms with E-state index in [9.17, 15) is 28.1 Å². The molecule has 1 aliphatic rings. The standard InChI is InChI=1S/C15H12ClF3N4O4/c16-10-7-9(15(17,18)19)8-20-13(10)21-3-5-22(6-4-21)14(24)11-1-2-12(27-11)23(25)26/h1-2,7-8H,3-6H2. The fraction of sp³-hybridized carbons (Fsp3) is 0.333. The minimum atomic E-state index is -4.54. The molecule has 27 heavy (non-hydrogen) atoms. The van der Waals surface area contributed by atoms with Crippen molar-refractivity contribution in [2.75, 3.05) is 31.1 Å². The second-order valence-electron chi connectivity index (χ2n) is 5.70. The summed E-state index contributed by atoms with van der Waals surface area (Å²) in [5.74, 6) is -0.988. The number of furan rings is 1. The topological polar surface area (TPSA) is 92.7 Å². The molecular formula is C15H12ClF3N4O4. The maximum atomic E-state index is 12.7. The van der Waals surface area contributed by atoms with Crippen molar-refractivity contribution in [1.29, 1.82) is 0 Å². The predicted octanol–water partition coefficient (Wildman–Crippen LogP) is 3.22. The van der Waals surface area contributed by atoms with Crippen molar-refractivity contribution in [3.05, 3.63) is 50.9 Å². The molecule has 1 fully saturated rings. The third kappa shape index (κ3) is 3.97. The summed E-state index contributed by atoms with van der Waals surface area (Å²) in [6.07, 6.45) is -3.83. The number of carbonyl (C=O) groups is 1. The van der Waals surface area contributed by atoms with E-state index < -0.39 is 28.5 Å². The van der Waals surface area contributed by atoms with E-state index in [-0.39, 0.29) is 42.8 Å². The number of amides is 1. The van der Waals surface area contributed by atoms with Crippen LogP contribution in [0.3, 0.4) is 0 Å². The Morgan fingerprint density at radius 3 is 2.44 bits per heavy atom. The summed E-state index contributed by atoms with van der Waals surface area (Å²) in [4.78, 5) is 29.1. The van der Waals surface area contributed by atoms with Gasteiger partial charge in [0.1, 0.15) is 10.7 Å². The summed E-state index contributed by atoms with van der Waals surface area (Å²) in [7, 11) is 0. The van der Waals surface area contributed by atoms with Crippen LogP contribution in [0.4, 0.5) is 24.9 Å². The van der Waals surface area contributed by atoms with Gasteiger partial charge in [-0.05, 0) is 12.1 Å². The normalized spacial score (nSPS) is 15.1. The lowest BCUT2D eigenvalue weighted by atomic mass is 10.2. The van der Waals surface area contributed by atoms with Crippen molar-refractivity contribution in [3.8, 4) is 0 Å². The lowest BCUT2D eigenvalue weighted by Crippen LogP contribution is -2.49. The van der Waals surface area contributed by atoms with Crippen LogP contribution in [0.1, 0.15) is 16.1 Å². The molecule has 0 aromatic carbocycles. The summed E-state index contributed by atoms with van der Waals surface area (Å²) in [5.41, 5.74) is -0.940. The molecule has 0 aliphatic carbocycles. The molecule has 12 heteroatoms. The SMILES string of the molecule is O=C(c1ccc([N+](=O)[O-])o1)N1CCN(c2ncc(C(F)(F)F)cc2Cl)CC1. The Balaban J connectivity index is 1.66. The number of nitrogens with zero attached hydrogens (tertiary/aromatic N) is 4.